The number of nitrogens with zero attached hydrogens (tertiary/aromatic N) is 3. The number of alkyl halides is 2. The molecule has 2 aromatic carbocycles. The first-order chi connectivity index (χ1) is 14.1. The summed E-state index contributed by atoms with van der Waals surface area (Å²) in [6.45, 7) is -0.307. The number of carbonyl (C=O) groups is 1. The van der Waals surface area contributed by atoms with E-state index in [1.54, 1.807) is 23.1 Å². The maximum absolute atomic E-state index is 12.8. The Hall–Kier alpha value is -3.16. The summed E-state index contributed by atoms with van der Waals surface area (Å²) in [5, 5.41) is 0. The van der Waals surface area contributed by atoms with E-state index >= 15 is 0 Å². The van der Waals surface area contributed by atoms with Gasteiger partial charge in [0.15, 0.2) is 0 Å². The van der Waals surface area contributed by atoms with Crippen molar-refractivity contribution in [3.63, 3.8) is 0 Å². The van der Waals surface area contributed by atoms with Crippen molar-refractivity contribution in [2.24, 2.45) is 0 Å². The number of amides is 1. The maximum Gasteiger partial charge on any atom is 0.387 e. The topological polar surface area (TPSA) is 61.5 Å². The number of aromatic amines is 1. The highest BCUT2D eigenvalue weighted by Crippen LogP contribution is 2.22. The molecule has 29 heavy (non-hydrogen) atoms. The fourth-order valence-electron chi connectivity index (χ4n) is 3.60. The smallest absolute Gasteiger partial charge is 0.387 e. The zero-order chi connectivity index (χ0) is 20.2. The highest BCUT2D eigenvalue weighted by atomic mass is 19.3. The van der Waals surface area contributed by atoms with Gasteiger partial charge in [-0.3, -0.25) is 4.79 Å². The van der Waals surface area contributed by atoms with E-state index in [2.05, 4.69) is 19.6 Å². The number of halogens is 2. The SMILES string of the molecule is O=C(Cc1ccccc1OC(F)F)N1CCCN(c2nc3ccccc3[nH]2)CC1. The van der Waals surface area contributed by atoms with Gasteiger partial charge in [0.05, 0.1) is 17.5 Å². The van der Waals surface area contributed by atoms with Gasteiger partial charge in [0, 0.05) is 31.7 Å². The van der Waals surface area contributed by atoms with Gasteiger partial charge in [-0.2, -0.15) is 8.78 Å². The zero-order valence-electron chi connectivity index (χ0n) is 15.9. The van der Waals surface area contributed by atoms with Gasteiger partial charge in [-0.25, -0.2) is 4.98 Å². The molecule has 1 fully saturated rings. The first-order valence-electron chi connectivity index (χ1n) is 9.60. The second kappa shape index (κ2) is 8.46. The van der Waals surface area contributed by atoms with E-state index in [-0.39, 0.29) is 18.1 Å². The van der Waals surface area contributed by atoms with Crippen LogP contribution in [0, 0.1) is 0 Å². The Kier molecular flexibility index (Phi) is 5.59. The van der Waals surface area contributed by atoms with E-state index in [9.17, 15) is 13.6 Å². The molecule has 6 nitrogen and oxygen atoms in total. The molecular weight excluding hydrogens is 378 g/mol. The molecule has 1 N–H and O–H groups in total. The number of H-pyrrole nitrogens is 1. The first kappa shape index (κ1) is 19.2. The van der Waals surface area contributed by atoms with Gasteiger partial charge in [-0.1, -0.05) is 30.3 Å². The lowest BCUT2D eigenvalue weighted by molar-refractivity contribution is -0.130. The minimum absolute atomic E-state index is 0.0352. The predicted molar refractivity (Wildman–Crippen MR) is 106 cm³/mol. The minimum Gasteiger partial charge on any atom is -0.435 e. The normalized spacial score (nSPS) is 15.0. The number of benzene rings is 2. The van der Waals surface area contributed by atoms with E-state index in [4.69, 9.17) is 0 Å². The summed E-state index contributed by atoms with van der Waals surface area (Å²) in [6, 6.07) is 14.3. The standard InChI is InChI=1S/C21H22F2N4O2/c22-20(23)29-18-9-4-1-6-15(18)14-19(28)26-10-5-11-27(13-12-26)21-24-16-7-2-3-8-17(16)25-21/h1-4,6-9,20H,5,10-14H2,(H,24,25). The molecule has 1 saturated heterocycles. The Balaban J connectivity index is 1.41. The minimum atomic E-state index is -2.91. The maximum atomic E-state index is 12.8. The van der Waals surface area contributed by atoms with Crippen molar-refractivity contribution < 1.29 is 18.3 Å². The molecule has 0 unspecified atom stereocenters. The highest BCUT2D eigenvalue weighted by molar-refractivity contribution is 5.80. The van der Waals surface area contributed by atoms with E-state index in [0.29, 0.717) is 25.2 Å². The Bertz CT molecular complexity index is 958. The quantitative estimate of drug-likeness (QED) is 0.713. The molecular formula is C21H22F2N4O2. The molecule has 0 aliphatic carbocycles. The Morgan fingerprint density at radius 1 is 1.07 bits per heavy atom. The van der Waals surface area contributed by atoms with Crippen LogP contribution < -0.4 is 9.64 Å². The Morgan fingerprint density at radius 3 is 2.69 bits per heavy atom. The van der Waals surface area contributed by atoms with Crippen molar-refractivity contribution >= 4 is 22.9 Å². The summed E-state index contributed by atoms with van der Waals surface area (Å²) in [7, 11) is 0. The van der Waals surface area contributed by atoms with Gasteiger partial charge in [-0.05, 0) is 24.6 Å². The number of hydrogen-bond donors (Lipinski definition) is 1. The third kappa shape index (κ3) is 4.47. The predicted octanol–water partition coefficient (Wildman–Crippen LogP) is 3.45. The monoisotopic (exact) mass is 400 g/mol. The summed E-state index contributed by atoms with van der Waals surface area (Å²) in [5.41, 5.74) is 2.36. The number of nitrogens with one attached hydrogen (secondary N) is 1. The zero-order valence-corrected chi connectivity index (χ0v) is 15.9. The summed E-state index contributed by atoms with van der Waals surface area (Å²) >= 11 is 0. The molecule has 0 atom stereocenters. The lowest BCUT2D eigenvalue weighted by atomic mass is 10.1. The van der Waals surface area contributed by atoms with Crippen LogP contribution >= 0.6 is 0 Å². The van der Waals surface area contributed by atoms with Crippen molar-refractivity contribution in [3.8, 4) is 5.75 Å². The molecule has 0 radical (unpaired) electrons. The lowest BCUT2D eigenvalue weighted by Gasteiger charge is -2.22. The second-order valence-corrected chi connectivity index (χ2v) is 6.96. The number of ether oxygens (including phenoxy) is 1. The van der Waals surface area contributed by atoms with Crippen LogP contribution in [0.4, 0.5) is 14.7 Å². The third-order valence-corrected chi connectivity index (χ3v) is 5.06. The van der Waals surface area contributed by atoms with Crippen LogP contribution in [-0.2, 0) is 11.2 Å². The summed E-state index contributed by atoms with van der Waals surface area (Å²) in [4.78, 5) is 24.7. The van der Waals surface area contributed by atoms with Crippen LogP contribution in [0.15, 0.2) is 48.5 Å². The fourth-order valence-corrected chi connectivity index (χ4v) is 3.60. The van der Waals surface area contributed by atoms with E-state index < -0.39 is 6.61 Å². The van der Waals surface area contributed by atoms with E-state index in [0.717, 1.165) is 29.9 Å². The van der Waals surface area contributed by atoms with Gasteiger partial charge < -0.3 is 19.5 Å². The number of aromatic nitrogens is 2. The third-order valence-electron chi connectivity index (χ3n) is 5.06. The van der Waals surface area contributed by atoms with Gasteiger partial charge in [-0.15, -0.1) is 0 Å². The van der Waals surface area contributed by atoms with Crippen LogP contribution in [0.1, 0.15) is 12.0 Å². The Morgan fingerprint density at radius 2 is 1.86 bits per heavy atom. The second-order valence-electron chi connectivity index (χ2n) is 6.96. The number of imidazole rings is 1. The molecule has 0 spiro atoms. The van der Waals surface area contributed by atoms with Crippen molar-refractivity contribution in [2.75, 3.05) is 31.1 Å². The highest BCUT2D eigenvalue weighted by Gasteiger charge is 2.22. The van der Waals surface area contributed by atoms with Gasteiger partial charge in [0.25, 0.3) is 0 Å². The largest absolute Gasteiger partial charge is 0.435 e. The number of para-hydroxylation sites is 3. The van der Waals surface area contributed by atoms with Gasteiger partial charge in [0.2, 0.25) is 11.9 Å². The molecule has 1 aliphatic heterocycles. The van der Waals surface area contributed by atoms with E-state index in [1.807, 2.05) is 24.3 Å². The summed E-state index contributed by atoms with van der Waals surface area (Å²) in [6.07, 6.45) is 0.839. The van der Waals surface area contributed by atoms with Crippen LogP contribution in [0.5, 0.6) is 5.75 Å². The molecule has 0 bridgehead atoms. The molecule has 4 rings (SSSR count). The van der Waals surface area contributed by atoms with Crippen molar-refractivity contribution in [1.29, 1.82) is 0 Å². The number of hydrogen-bond acceptors (Lipinski definition) is 4. The number of fused-ring (bicyclic) bond motifs is 1. The molecule has 1 aliphatic rings. The molecule has 1 aromatic heterocycles. The van der Waals surface area contributed by atoms with Crippen LogP contribution in [0.2, 0.25) is 0 Å². The first-order valence-corrected chi connectivity index (χ1v) is 9.60. The molecule has 1 amide bonds. The van der Waals surface area contributed by atoms with Gasteiger partial charge in [0.1, 0.15) is 5.75 Å². The van der Waals surface area contributed by atoms with Crippen molar-refractivity contribution in [1.82, 2.24) is 14.9 Å². The molecule has 8 heteroatoms. The van der Waals surface area contributed by atoms with Crippen LogP contribution in [0.3, 0.4) is 0 Å². The molecule has 3 aromatic rings. The average molecular weight is 400 g/mol. The van der Waals surface area contributed by atoms with Crippen molar-refractivity contribution in [3.05, 3.63) is 54.1 Å². The summed E-state index contributed by atoms with van der Waals surface area (Å²) in [5.74, 6) is 0.757. The number of rotatable bonds is 5. The molecule has 152 valence electrons. The fraction of sp³-hybridized carbons (Fsp3) is 0.333. The lowest BCUT2D eigenvalue weighted by Crippen LogP contribution is -2.36. The molecule has 2 heterocycles. The van der Waals surface area contributed by atoms with E-state index in [1.165, 1.54) is 6.07 Å². The van der Waals surface area contributed by atoms with Gasteiger partial charge >= 0.3 is 6.61 Å². The average Bonchev–Trinajstić information content (AvgIpc) is 2.98. The van der Waals surface area contributed by atoms with Crippen LogP contribution in [-0.4, -0.2) is 53.6 Å². The van der Waals surface area contributed by atoms with Crippen LogP contribution in [0.25, 0.3) is 11.0 Å². The summed E-state index contributed by atoms with van der Waals surface area (Å²) < 4.78 is 29.7. The van der Waals surface area contributed by atoms with Crippen molar-refractivity contribution in [2.45, 2.75) is 19.5 Å². The number of anilines is 1. The Labute approximate surface area is 167 Å². The molecule has 0 saturated carbocycles. The number of carbonyl (C=O) groups excluding carboxylic acids is 1.